The Bertz CT molecular complexity index is 1110. The molecule has 182 valence electrons. The molecule has 0 aliphatic rings. The Morgan fingerprint density at radius 3 is 0.471 bits per heavy atom. The lowest BCUT2D eigenvalue weighted by Gasteiger charge is -2.29. The minimum atomic E-state index is -3.08. The summed E-state index contributed by atoms with van der Waals surface area (Å²) in [5.74, 6) is -48.4. The summed E-state index contributed by atoms with van der Waals surface area (Å²) in [5.41, 5.74) is -8.28. The number of benzene rings is 3. The van der Waals surface area contributed by atoms with Crippen molar-refractivity contribution < 1.29 is 65.9 Å². The van der Waals surface area contributed by atoms with E-state index in [9.17, 15) is 65.9 Å². The molecule has 0 unspecified atom stereocenters. The van der Waals surface area contributed by atoms with Gasteiger partial charge in [-0.3, -0.25) is 0 Å². The first kappa shape index (κ1) is 25.1. The van der Waals surface area contributed by atoms with Crippen molar-refractivity contribution in [1.82, 2.24) is 0 Å². The maximum Gasteiger partial charge on any atom is 0.189 e. The molecule has 0 amide bonds. The molecular formula is C19F15-. The van der Waals surface area contributed by atoms with E-state index in [-0.39, 0.29) is 0 Å². The van der Waals surface area contributed by atoms with Gasteiger partial charge in [0.15, 0.2) is 52.4 Å². The van der Waals surface area contributed by atoms with Crippen molar-refractivity contribution >= 4 is 0 Å². The molecule has 0 aliphatic carbocycles. The Hall–Kier alpha value is -3.52. The molecule has 0 radical (unpaired) electrons. The summed E-state index contributed by atoms with van der Waals surface area (Å²) in [6, 6.07) is 0. The van der Waals surface area contributed by atoms with Gasteiger partial charge in [0.05, 0.1) is 0 Å². The summed E-state index contributed by atoms with van der Waals surface area (Å²) in [6.45, 7) is 0. The second kappa shape index (κ2) is 8.36. The van der Waals surface area contributed by atoms with E-state index in [0.29, 0.717) is 0 Å². The van der Waals surface area contributed by atoms with E-state index < -0.39 is 110 Å². The van der Waals surface area contributed by atoms with Crippen molar-refractivity contribution in [3.63, 3.8) is 0 Å². The van der Waals surface area contributed by atoms with E-state index in [1.165, 1.54) is 0 Å². The fourth-order valence-corrected chi connectivity index (χ4v) is 2.85. The minimum absolute atomic E-state index is 2.76. The summed E-state index contributed by atoms with van der Waals surface area (Å²) >= 11 is 0. The highest BCUT2D eigenvalue weighted by Gasteiger charge is 2.37. The lowest BCUT2D eigenvalue weighted by molar-refractivity contribution is 0.359. The third kappa shape index (κ3) is 3.32. The number of rotatable bonds is 3. The molecule has 0 nitrogen and oxygen atoms in total. The normalized spacial score (nSPS) is 11.4. The van der Waals surface area contributed by atoms with Crippen LogP contribution in [-0.4, -0.2) is 0 Å². The van der Waals surface area contributed by atoms with Crippen molar-refractivity contribution in [2.45, 2.75) is 0 Å². The zero-order valence-corrected chi connectivity index (χ0v) is 15.2. The predicted molar refractivity (Wildman–Crippen MR) is 79.2 cm³/mol. The standard InChI is InChI=1S/C19F15/c20-5-2(6(21)12(27)17(32)11(5)26)1(3-7(22)13(28)18(33)14(29)8(3)23)4-9(24)15(30)19(34)16(31)10(4)25/q-1. The Balaban J connectivity index is 2.68. The average molecular weight is 513 g/mol. The van der Waals surface area contributed by atoms with E-state index >= 15 is 0 Å². The van der Waals surface area contributed by atoms with E-state index in [2.05, 4.69) is 0 Å². The first-order chi connectivity index (χ1) is 15.7. The van der Waals surface area contributed by atoms with Crippen LogP contribution in [0.15, 0.2) is 0 Å². The highest BCUT2D eigenvalue weighted by molar-refractivity contribution is 5.60. The first-order valence-corrected chi connectivity index (χ1v) is 8.08. The van der Waals surface area contributed by atoms with Crippen LogP contribution in [0.3, 0.4) is 0 Å². The van der Waals surface area contributed by atoms with Gasteiger partial charge in [-0.2, -0.15) is 0 Å². The molecule has 0 bridgehead atoms. The van der Waals surface area contributed by atoms with Crippen LogP contribution in [0.5, 0.6) is 0 Å². The van der Waals surface area contributed by atoms with Crippen LogP contribution < -0.4 is 0 Å². The van der Waals surface area contributed by atoms with Gasteiger partial charge in [0.2, 0.25) is 0 Å². The monoisotopic (exact) mass is 513 g/mol. The van der Waals surface area contributed by atoms with Gasteiger partial charge in [-0.25, -0.2) is 65.9 Å². The molecule has 3 aromatic carbocycles. The van der Waals surface area contributed by atoms with Gasteiger partial charge in [0, 0.05) is 0 Å². The first-order valence-electron chi connectivity index (χ1n) is 8.08. The molecule has 3 rings (SSSR count). The quantitative estimate of drug-likeness (QED) is 0.119. The van der Waals surface area contributed by atoms with Crippen LogP contribution in [0.1, 0.15) is 16.7 Å². The molecule has 0 N–H and O–H groups in total. The molecular weight excluding hydrogens is 513 g/mol. The SMILES string of the molecule is Fc1c(F)c(F)c([C-](c2c(F)c(F)c(F)c(F)c2F)c2c(F)c(F)c(F)c(F)c2F)c(F)c1F. The molecule has 0 atom stereocenters. The fraction of sp³-hybridized carbons (Fsp3) is 0. The molecule has 0 saturated carbocycles. The summed E-state index contributed by atoms with van der Waals surface area (Å²) in [4.78, 5) is 0. The van der Waals surface area contributed by atoms with Gasteiger partial charge < -0.3 is 0 Å². The van der Waals surface area contributed by atoms with Crippen molar-refractivity contribution in [3.05, 3.63) is 110 Å². The van der Waals surface area contributed by atoms with Crippen molar-refractivity contribution in [2.24, 2.45) is 0 Å². The van der Waals surface area contributed by atoms with Gasteiger partial charge in [-0.1, -0.05) is 5.92 Å². The van der Waals surface area contributed by atoms with Crippen LogP contribution >= 0.6 is 0 Å². The molecule has 0 fully saturated rings. The summed E-state index contributed by atoms with van der Waals surface area (Å²) in [6.07, 6.45) is 0. The number of hydrogen-bond donors (Lipinski definition) is 0. The molecule has 34 heavy (non-hydrogen) atoms. The van der Waals surface area contributed by atoms with Gasteiger partial charge in [-0.05, 0) is 16.7 Å². The molecule has 0 aliphatic heterocycles. The van der Waals surface area contributed by atoms with Crippen LogP contribution in [0.4, 0.5) is 65.9 Å². The summed E-state index contributed by atoms with van der Waals surface area (Å²) < 4.78 is 208. The van der Waals surface area contributed by atoms with E-state index in [1.807, 2.05) is 0 Å². The van der Waals surface area contributed by atoms with Crippen molar-refractivity contribution in [2.75, 3.05) is 0 Å². The summed E-state index contributed by atoms with van der Waals surface area (Å²) in [7, 11) is 0. The third-order valence-corrected chi connectivity index (χ3v) is 4.38. The molecule has 0 aromatic heterocycles. The molecule has 0 saturated heterocycles. The largest absolute Gasteiger partial charge is 0.236 e. The fourth-order valence-electron chi connectivity index (χ4n) is 2.85. The molecule has 0 spiro atoms. The minimum Gasteiger partial charge on any atom is -0.236 e. The maximum atomic E-state index is 14.4. The molecule has 15 heteroatoms. The second-order valence-corrected chi connectivity index (χ2v) is 6.21. The Morgan fingerprint density at radius 1 is 0.206 bits per heavy atom. The lowest BCUT2D eigenvalue weighted by atomic mass is 9.82. The second-order valence-electron chi connectivity index (χ2n) is 6.21. The van der Waals surface area contributed by atoms with Gasteiger partial charge in [0.1, 0.15) is 34.9 Å². The smallest absolute Gasteiger partial charge is 0.189 e. The van der Waals surface area contributed by atoms with Crippen LogP contribution in [0.2, 0.25) is 0 Å². The third-order valence-electron chi connectivity index (χ3n) is 4.38. The van der Waals surface area contributed by atoms with Crippen molar-refractivity contribution in [3.8, 4) is 0 Å². The number of hydrogen-bond acceptors (Lipinski definition) is 0. The Labute approximate surface area is 176 Å². The highest BCUT2D eigenvalue weighted by atomic mass is 19.2. The van der Waals surface area contributed by atoms with Crippen LogP contribution in [0, 0.1) is 93.2 Å². The van der Waals surface area contributed by atoms with E-state index in [0.717, 1.165) is 0 Å². The zero-order valence-electron chi connectivity index (χ0n) is 15.2. The average Bonchev–Trinajstić information content (AvgIpc) is 2.81. The maximum absolute atomic E-state index is 14.4. The lowest BCUT2D eigenvalue weighted by Crippen LogP contribution is -2.22. The topological polar surface area (TPSA) is 0 Å². The van der Waals surface area contributed by atoms with Gasteiger partial charge in [-0.15, -0.1) is 0 Å². The van der Waals surface area contributed by atoms with Gasteiger partial charge >= 0.3 is 0 Å². The molecule has 0 heterocycles. The Morgan fingerprint density at radius 2 is 0.324 bits per heavy atom. The van der Waals surface area contributed by atoms with Crippen LogP contribution in [-0.2, 0) is 0 Å². The van der Waals surface area contributed by atoms with E-state index in [1.54, 1.807) is 0 Å². The summed E-state index contributed by atoms with van der Waals surface area (Å²) in [5, 5.41) is 0. The highest BCUT2D eigenvalue weighted by Crippen LogP contribution is 2.43. The predicted octanol–water partition coefficient (Wildman–Crippen LogP) is 6.79. The Kier molecular flexibility index (Phi) is 6.17. The number of halogens is 15. The van der Waals surface area contributed by atoms with E-state index in [4.69, 9.17) is 0 Å². The van der Waals surface area contributed by atoms with Crippen molar-refractivity contribution in [1.29, 1.82) is 0 Å². The van der Waals surface area contributed by atoms with Gasteiger partial charge in [0.25, 0.3) is 0 Å². The van der Waals surface area contributed by atoms with Crippen LogP contribution in [0.25, 0.3) is 0 Å². The zero-order chi connectivity index (χ0) is 26.0. The molecule has 3 aromatic rings.